The maximum absolute atomic E-state index is 12.8. The average molecular weight is 300 g/mol. The van der Waals surface area contributed by atoms with Gasteiger partial charge in [-0.25, -0.2) is 0 Å². The van der Waals surface area contributed by atoms with E-state index in [0.29, 0.717) is 12.1 Å². The first-order chi connectivity index (χ1) is 10.6. The number of carbonyl (C=O) groups is 1. The van der Waals surface area contributed by atoms with Crippen LogP contribution in [0.2, 0.25) is 0 Å². The van der Waals surface area contributed by atoms with E-state index in [1.807, 2.05) is 13.8 Å². The van der Waals surface area contributed by atoms with Crippen LogP contribution < -0.4 is 5.32 Å². The van der Waals surface area contributed by atoms with E-state index in [2.05, 4.69) is 29.3 Å². The van der Waals surface area contributed by atoms with E-state index in [1.165, 1.54) is 44.3 Å². The van der Waals surface area contributed by atoms with Gasteiger partial charge in [-0.1, -0.05) is 17.7 Å². The predicted molar refractivity (Wildman–Crippen MR) is 90.4 cm³/mol. The smallest absolute Gasteiger partial charge is 0.252 e. The molecule has 1 aromatic rings. The van der Waals surface area contributed by atoms with Crippen LogP contribution >= 0.6 is 0 Å². The van der Waals surface area contributed by atoms with Gasteiger partial charge in [0.15, 0.2) is 0 Å². The van der Waals surface area contributed by atoms with Crippen molar-refractivity contribution in [2.24, 2.45) is 0 Å². The second-order valence-corrected chi connectivity index (χ2v) is 7.09. The molecule has 1 amide bonds. The molecule has 0 radical (unpaired) electrons. The lowest BCUT2D eigenvalue weighted by Gasteiger charge is -2.30. The first-order valence-electron chi connectivity index (χ1n) is 8.69. The van der Waals surface area contributed by atoms with Crippen LogP contribution in [0.5, 0.6) is 0 Å². The SMILES string of the molecule is Cc1cc(C)c(C(=O)NC2CCCC2N2CCCC2)c(C)c1. The number of amides is 1. The highest BCUT2D eigenvalue weighted by molar-refractivity contribution is 5.97. The van der Waals surface area contributed by atoms with E-state index in [9.17, 15) is 4.79 Å². The number of nitrogens with one attached hydrogen (secondary N) is 1. The molecular formula is C19H28N2O. The van der Waals surface area contributed by atoms with Gasteiger partial charge in [-0.3, -0.25) is 9.69 Å². The second kappa shape index (κ2) is 6.41. The third kappa shape index (κ3) is 3.05. The molecule has 1 N–H and O–H groups in total. The van der Waals surface area contributed by atoms with Crippen LogP contribution in [-0.2, 0) is 0 Å². The van der Waals surface area contributed by atoms with Crippen LogP contribution in [-0.4, -0.2) is 36.0 Å². The first-order valence-corrected chi connectivity index (χ1v) is 8.69. The molecule has 1 aromatic carbocycles. The van der Waals surface area contributed by atoms with Crippen molar-refractivity contribution >= 4 is 5.91 Å². The lowest BCUT2D eigenvalue weighted by Crippen LogP contribution is -2.48. The molecule has 1 saturated heterocycles. The second-order valence-electron chi connectivity index (χ2n) is 7.09. The van der Waals surface area contributed by atoms with Gasteiger partial charge in [0, 0.05) is 17.6 Å². The molecule has 3 rings (SSSR count). The van der Waals surface area contributed by atoms with E-state index in [0.717, 1.165) is 23.1 Å². The topological polar surface area (TPSA) is 32.3 Å². The number of hydrogen-bond acceptors (Lipinski definition) is 2. The molecule has 1 heterocycles. The monoisotopic (exact) mass is 300 g/mol. The molecule has 0 bridgehead atoms. The Balaban J connectivity index is 1.73. The summed E-state index contributed by atoms with van der Waals surface area (Å²) in [5.74, 6) is 0.117. The van der Waals surface area contributed by atoms with Gasteiger partial charge in [0.2, 0.25) is 0 Å². The van der Waals surface area contributed by atoms with Crippen LogP contribution in [0, 0.1) is 20.8 Å². The molecule has 3 nitrogen and oxygen atoms in total. The molecule has 22 heavy (non-hydrogen) atoms. The fourth-order valence-electron chi connectivity index (χ4n) is 4.40. The van der Waals surface area contributed by atoms with Crippen molar-refractivity contribution in [2.45, 2.75) is 65.0 Å². The summed E-state index contributed by atoms with van der Waals surface area (Å²) in [4.78, 5) is 15.4. The van der Waals surface area contributed by atoms with Crippen molar-refractivity contribution in [1.29, 1.82) is 0 Å². The van der Waals surface area contributed by atoms with E-state index < -0.39 is 0 Å². The number of benzene rings is 1. The van der Waals surface area contributed by atoms with Gasteiger partial charge in [0.1, 0.15) is 0 Å². The Kier molecular flexibility index (Phi) is 4.53. The first kappa shape index (κ1) is 15.5. The molecule has 2 unspecified atom stereocenters. The normalized spacial score (nSPS) is 25.6. The van der Waals surface area contributed by atoms with Crippen LogP contribution in [0.1, 0.15) is 59.2 Å². The van der Waals surface area contributed by atoms with Gasteiger partial charge in [-0.05, 0) is 77.1 Å². The Bertz CT molecular complexity index is 538. The van der Waals surface area contributed by atoms with Gasteiger partial charge in [0.05, 0.1) is 0 Å². The summed E-state index contributed by atoms with van der Waals surface area (Å²) < 4.78 is 0. The number of hydrogen-bond donors (Lipinski definition) is 1. The molecule has 3 heteroatoms. The molecule has 0 spiro atoms. The number of nitrogens with zero attached hydrogens (tertiary/aromatic N) is 1. The Morgan fingerprint density at radius 3 is 2.32 bits per heavy atom. The molecule has 120 valence electrons. The quantitative estimate of drug-likeness (QED) is 0.928. The molecule has 2 fully saturated rings. The summed E-state index contributed by atoms with van der Waals surface area (Å²) >= 11 is 0. The van der Waals surface area contributed by atoms with E-state index in [4.69, 9.17) is 0 Å². The summed E-state index contributed by atoms with van der Waals surface area (Å²) in [6, 6.07) is 5.09. The summed E-state index contributed by atoms with van der Waals surface area (Å²) in [6.07, 6.45) is 6.21. The molecule has 2 aliphatic rings. The summed E-state index contributed by atoms with van der Waals surface area (Å²) in [5, 5.41) is 3.34. The third-order valence-corrected chi connectivity index (χ3v) is 5.31. The minimum Gasteiger partial charge on any atom is -0.348 e. The molecule has 1 saturated carbocycles. The van der Waals surface area contributed by atoms with Gasteiger partial charge >= 0.3 is 0 Å². The van der Waals surface area contributed by atoms with E-state index in [1.54, 1.807) is 0 Å². The Labute approximate surface area is 134 Å². The standard InChI is InChI=1S/C19H28N2O/c1-13-11-14(2)18(15(3)12-13)19(22)20-16-7-6-8-17(16)21-9-4-5-10-21/h11-12,16-17H,4-10H2,1-3H3,(H,20,22). The zero-order valence-corrected chi connectivity index (χ0v) is 14.1. The Morgan fingerprint density at radius 1 is 1.05 bits per heavy atom. The third-order valence-electron chi connectivity index (χ3n) is 5.31. The number of rotatable bonds is 3. The highest BCUT2D eigenvalue weighted by Crippen LogP contribution is 2.28. The van der Waals surface area contributed by atoms with Crippen molar-refractivity contribution in [1.82, 2.24) is 10.2 Å². The Morgan fingerprint density at radius 2 is 1.68 bits per heavy atom. The van der Waals surface area contributed by atoms with Gasteiger partial charge < -0.3 is 5.32 Å². The summed E-state index contributed by atoms with van der Waals surface area (Å²) in [7, 11) is 0. The lowest BCUT2D eigenvalue weighted by molar-refractivity contribution is 0.0911. The van der Waals surface area contributed by atoms with Crippen LogP contribution in [0.15, 0.2) is 12.1 Å². The molecular weight excluding hydrogens is 272 g/mol. The molecule has 1 aliphatic heterocycles. The van der Waals surface area contributed by atoms with Crippen molar-refractivity contribution in [3.63, 3.8) is 0 Å². The number of carbonyl (C=O) groups excluding carboxylic acids is 1. The highest BCUT2D eigenvalue weighted by Gasteiger charge is 2.34. The largest absolute Gasteiger partial charge is 0.348 e. The highest BCUT2D eigenvalue weighted by atomic mass is 16.1. The minimum atomic E-state index is 0.117. The van der Waals surface area contributed by atoms with Gasteiger partial charge in [-0.2, -0.15) is 0 Å². The minimum absolute atomic E-state index is 0.117. The van der Waals surface area contributed by atoms with Crippen molar-refractivity contribution in [2.75, 3.05) is 13.1 Å². The van der Waals surface area contributed by atoms with Crippen LogP contribution in [0.4, 0.5) is 0 Å². The van der Waals surface area contributed by atoms with Gasteiger partial charge in [-0.15, -0.1) is 0 Å². The fourth-order valence-corrected chi connectivity index (χ4v) is 4.40. The zero-order valence-electron chi connectivity index (χ0n) is 14.1. The molecule has 0 aromatic heterocycles. The summed E-state index contributed by atoms with van der Waals surface area (Å²) in [5.41, 5.74) is 4.27. The maximum atomic E-state index is 12.8. The maximum Gasteiger partial charge on any atom is 0.252 e. The summed E-state index contributed by atoms with van der Waals surface area (Å²) in [6.45, 7) is 8.59. The molecule has 2 atom stereocenters. The predicted octanol–water partition coefficient (Wildman–Crippen LogP) is 3.36. The zero-order chi connectivity index (χ0) is 15.7. The van der Waals surface area contributed by atoms with Crippen molar-refractivity contribution in [3.05, 3.63) is 34.4 Å². The van der Waals surface area contributed by atoms with Crippen LogP contribution in [0.25, 0.3) is 0 Å². The van der Waals surface area contributed by atoms with Crippen LogP contribution in [0.3, 0.4) is 0 Å². The van der Waals surface area contributed by atoms with Gasteiger partial charge in [0.25, 0.3) is 5.91 Å². The Hall–Kier alpha value is -1.35. The number of aryl methyl sites for hydroxylation is 3. The van der Waals surface area contributed by atoms with E-state index >= 15 is 0 Å². The molecule has 1 aliphatic carbocycles. The number of likely N-dealkylation sites (tertiary alicyclic amines) is 1. The van der Waals surface area contributed by atoms with Crippen molar-refractivity contribution < 1.29 is 4.79 Å². The lowest BCUT2D eigenvalue weighted by atomic mass is 9.98. The fraction of sp³-hybridized carbons (Fsp3) is 0.632. The van der Waals surface area contributed by atoms with Crippen molar-refractivity contribution in [3.8, 4) is 0 Å². The average Bonchev–Trinajstić information content (AvgIpc) is 3.07. The van der Waals surface area contributed by atoms with E-state index in [-0.39, 0.29) is 5.91 Å².